The fourth-order valence-electron chi connectivity index (χ4n) is 2.76. The van der Waals surface area contributed by atoms with Crippen molar-refractivity contribution >= 4 is 17.8 Å². The largest absolute Gasteiger partial charge is 0.495 e. The molecule has 4 nitrogen and oxygen atoms in total. The summed E-state index contributed by atoms with van der Waals surface area (Å²) in [5.74, 6) is -0.0251. The number of nitrogens with two attached hydrogens (primary N) is 1. The average molecular weight is 331 g/mol. The molecule has 0 aliphatic rings. The Morgan fingerprint density at radius 1 is 0.920 bits per heavy atom. The Bertz CT molecular complexity index is 933. The van der Waals surface area contributed by atoms with Gasteiger partial charge in [0.05, 0.1) is 18.2 Å². The van der Waals surface area contributed by atoms with Crippen LogP contribution in [0.15, 0.2) is 66.7 Å². The van der Waals surface area contributed by atoms with Crippen molar-refractivity contribution in [2.24, 2.45) is 0 Å². The van der Waals surface area contributed by atoms with E-state index in [2.05, 4.69) is 0 Å². The van der Waals surface area contributed by atoms with Gasteiger partial charge >= 0.3 is 0 Å². The molecule has 0 amide bonds. The van der Waals surface area contributed by atoms with Gasteiger partial charge in [0.1, 0.15) is 5.75 Å². The number of anilines is 1. The van der Waals surface area contributed by atoms with Gasteiger partial charge in [-0.05, 0) is 35.4 Å². The van der Waals surface area contributed by atoms with E-state index in [1.165, 1.54) is 7.11 Å². The zero-order valence-corrected chi connectivity index (χ0v) is 13.7. The quantitative estimate of drug-likeness (QED) is 0.436. The van der Waals surface area contributed by atoms with Gasteiger partial charge in [-0.2, -0.15) is 0 Å². The fourth-order valence-corrected chi connectivity index (χ4v) is 2.76. The van der Waals surface area contributed by atoms with E-state index >= 15 is 0 Å². The minimum atomic E-state index is -0.282. The van der Waals surface area contributed by atoms with Gasteiger partial charge < -0.3 is 10.5 Å². The Labute approximate surface area is 145 Å². The smallest absolute Gasteiger partial charge is 0.198 e. The van der Waals surface area contributed by atoms with Crippen molar-refractivity contribution in [2.75, 3.05) is 12.8 Å². The van der Waals surface area contributed by atoms with Gasteiger partial charge in [-0.25, -0.2) is 0 Å². The lowest BCUT2D eigenvalue weighted by Gasteiger charge is -2.12. The lowest BCUT2D eigenvalue weighted by atomic mass is 9.95. The van der Waals surface area contributed by atoms with E-state index in [0.717, 1.165) is 11.1 Å². The highest BCUT2D eigenvalue weighted by Crippen LogP contribution is 2.29. The van der Waals surface area contributed by atoms with Crippen molar-refractivity contribution in [3.63, 3.8) is 0 Å². The summed E-state index contributed by atoms with van der Waals surface area (Å²) in [7, 11) is 1.43. The van der Waals surface area contributed by atoms with Crippen LogP contribution in [-0.2, 0) is 0 Å². The summed E-state index contributed by atoms with van der Waals surface area (Å²) in [6.45, 7) is 0. The third kappa shape index (κ3) is 3.15. The van der Waals surface area contributed by atoms with Crippen molar-refractivity contribution in [1.29, 1.82) is 0 Å². The number of ether oxygens (including phenoxy) is 1. The van der Waals surface area contributed by atoms with E-state index in [9.17, 15) is 9.59 Å². The molecule has 0 heterocycles. The SMILES string of the molecule is COc1c(C=O)cccc1C(=O)c1cc(-c2ccccc2)ccc1N. The minimum Gasteiger partial charge on any atom is -0.495 e. The van der Waals surface area contributed by atoms with E-state index in [4.69, 9.17) is 10.5 Å². The van der Waals surface area contributed by atoms with Crippen molar-refractivity contribution in [1.82, 2.24) is 0 Å². The molecule has 0 aliphatic heterocycles. The van der Waals surface area contributed by atoms with Crippen LogP contribution in [-0.4, -0.2) is 19.2 Å². The number of para-hydroxylation sites is 1. The Morgan fingerprint density at radius 2 is 1.68 bits per heavy atom. The van der Waals surface area contributed by atoms with Crippen LogP contribution in [0.25, 0.3) is 11.1 Å². The first kappa shape index (κ1) is 16.5. The van der Waals surface area contributed by atoms with Gasteiger partial charge in [0.25, 0.3) is 0 Å². The number of aldehydes is 1. The first-order valence-electron chi connectivity index (χ1n) is 7.77. The molecule has 0 aliphatic carbocycles. The van der Waals surface area contributed by atoms with Gasteiger partial charge in [0.15, 0.2) is 12.1 Å². The number of hydrogen-bond donors (Lipinski definition) is 1. The number of nitrogen functional groups attached to an aromatic ring is 1. The van der Waals surface area contributed by atoms with Crippen LogP contribution >= 0.6 is 0 Å². The van der Waals surface area contributed by atoms with E-state index in [0.29, 0.717) is 28.7 Å². The van der Waals surface area contributed by atoms with Crippen molar-refractivity contribution in [3.8, 4) is 16.9 Å². The topological polar surface area (TPSA) is 69.4 Å². The molecule has 0 fully saturated rings. The van der Waals surface area contributed by atoms with Crippen LogP contribution in [0.3, 0.4) is 0 Å². The molecule has 0 aromatic heterocycles. The summed E-state index contributed by atoms with van der Waals surface area (Å²) >= 11 is 0. The summed E-state index contributed by atoms with van der Waals surface area (Å²) in [5.41, 5.74) is 9.31. The highest BCUT2D eigenvalue weighted by molar-refractivity contribution is 6.15. The molecular formula is C21H17NO3. The molecule has 0 atom stereocenters. The lowest BCUT2D eigenvalue weighted by molar-refractivity contribution is 0.103. The zero-order chi connectivity index (χ0) is 17.8. The second-order valence-corrected chi connectivity index (χ2v) is 5.54. The third-order valence-electron chi connectivity index (χ3n) is 4.03. The van der Waals surface area contributed by atoms with Crippen LogP contribution < -0.4 is 10.5 Å². The fraction of sp³-hybridized carbons (Fsp3) is 0.0476. The highest BCUT2D eigenvalue weighted by atomic mass is 16.5. The molecule has 3 rings (SSSR count). The summed E-state index contributed by atoms with van der Waals surface area (Å²) in [6, 6.07) is 20.0. The molecule has 0 saturated heterocycles. The van der Waals surface area contributed by atoms with E-state index in [1.807, 2.05) is 36.4 Å². The third-order valence-corrected chi connectivity index (χ3v) is 4.03. The van der Waals surface area contributed by atoms with Crippen LogP contribution in [0.1, 0.15) is 26.3 Å². The van der Waals surface area contributed by atoms with Crippen molar-refractivity contribution in [2.45, 2.75) is 0 Å². The predicted octanol–water partition coefficient (Wildman–Crippen LogP) is 3.99. The summed E-state index contributed by atoms with van der Waals surface area (Å²) in [5, 5.41) is 0. The van der Waals surface area contributed by atoms with E-state index in [1.54, 1.807) is 30.3 Å². The normalized spacial score (nSPS) is 10.3. The van der Waals surface area contributed by atoms with Crippen LogP contribution in [0.2, 0.25) is 0 Å². The Balaban J connectivity index is 2.11. The second kappa shape index (κ2) is 7.01. The van der Waals surface area contributed by atoms with Crippen LogP contribution in [0.5, 0.6) is 5.75 Å². The Morgan fingerprint density at radius 3 is 2.36 bits per heavy atom. The molecule has 0 bridgehead atoms. The molecule has 0 unspecified atom stereocenters. The zero-order valence-electron chi connectivity index (χ0n) is 13.7. The summed E-state index contributed by atoms with van der Waals surface area (Å²) in [6.07, 6.45) is 0.666. The lowest BCUT2D eigenvalue weighted by Crippen LogP contribution is -2.08. The summed E-state index contributed by atoms with van der Waals surface area (Å²) in [4.78, 5) is 24.2. The molecule has 3 aromatic carbocycles. The van der Waals surface area contributed by atoms with Gasteiger partial charge in [-0.15, -0.1) is 0 Å². The predicted molar refractivity (Wildman–Crippen MR) is 98.1 cm³/mol. The molecular weight excluding hydrogens is 314 g/mol. The van der Waals surface area contributed by atoms with Crippen molar-refractivity contribution < 1.29 is 14.3 Å². The first-order chi connectivity index (χ1) is 12.2. The number of carbonyl (C=O) groups excluding carboxylic acids is 2. The van der Waals surface area contributed by atoms with Gasteiger partial charge in [0, 0.05) is 11.3 Å². The van der Waals surface area contributed by atoms with Gasteiger partial charge in [0.2, 0.25) is 0 Å². The van der Waals surface area contributed by atoms with E-state index < -0.39 is 0 Å². The number of carbonyl (C=O) groups is 2. The van der Waals surface area contributed by atoms with Crippen molar-refractivity contribution in [3.05, 3.63) is 83.4 Å². The minimum absolute atomic E-state index is 0.256. The average Bonchev–Trinajstić information content (AvgIpc) is 2.67. The molecule has 3 aromatic rings. The maximum absolute atomic E-state index is 13.0. The van der Waals surface area contributed by atoms with Crippen LogP contribution in [0.4, 0.5) is 5.69 Å². The molecule has 2 N–H and O–H groups in total. The molecule has 0 saturated carbocycles. The molecule has 0 spiro atoms. The molecule has 124 valence electrons. The highest BCUT2D eigenvalue weighted by Gasteiger charge is 2.19. The number of hydrogen-bond acceptors (Lipinski definition) is 4. The maximum atomic E-state index is 13.0. The standard InChI is InChI=1S/C21H17NO3/c1-25-21-16(13-23)8-5-9-17(21)20(24)18-12-15(10-11-19(18)22)14-6-3-2-4-7-14/h2-13H,22H2,1H3. The number of rotatable bonds is 5. The second-order valence-electron chi connectivity index (χ2n) is 5.54. The number of methoxy groups -OCH3 is 1. The summed E-state index contributed by atoms with van der Waals surface area (Å²) < 4.78 is 5.27. The number of ketones is 1. The molecule has 4 heteroatoms. The first-order valence-corrected chi connectivity index (χ1v) is 7.77. The molecule has 0 radical (unpaired) electrons. The number of benzene rings is 3. The van der Waals surface area contributed by atoms with Gasteiger partial charge in [-0.1, -0.05) is 42.5 Å². The van der Waals surface area contributed by atoms with Crippen LogP contribution in [0, 0.1) is 0 Å². The Hall–Kier alpha value is -3.40. The maximum Gasteiger partial charge on any atom is 0.198 e. The Kier molecular flexibility index (Phi) is 4.61. The monoisotopic (exact) mass is 331 g/mol. The van der Waals surface area contributed by atoms with E-state index in [-0.39, 0.29) is 11.5 Å². The van der Waals surface area contributed by atoms with Gasteiger partial charge in [-0.3, -0.25) is 9.59 Å². The molecule has 25 heavy (non-hydrogen) atoms.